The molecule has 0 bridgehead atoms. The van der Waals surface area contributed by atoms with Crippen LogP contribution in [0.3, 0.4) is 0 Å². The summed E-state index contributed by atoms with van der Waals surface area (Å²) in [6.07, 6.45) is 1.90. The van der Waals surface area contributed by atoms with Crippen LogP contribution in [-0.2, 0) is 32.6 Å². The lowest BCUT2D eigenvalue weighted by Gasteiger charge is -2.34. The van der Waals surface area contributed by atoms with Crippen LogP contribution in [0.5, 0.6) is 11.5 Å². The number of halogens is 1. The number of carbonyl (C=O) groups excluding carboxylic acids is 2. The van der Waals surface area contributed by atoms with Crippen molar-refractivity contribution in [1.29, 1.82) is 0 Å². The molecule has 0 radical (unpaired) electrons. The van der Waals surface area contributed by atoms with Crippen LogP contribution in [0.15, 0.2) is 109 Å². The van der Waals surface area contributed by atoms with E-state index in [1.54, 1.807) is 48.5 Å². The fraction of sp³-hybridized carbons (Fsp3) is 0.257. The Morgan fingerprint density at radius 1 is 0.822 bits per heavy atom. The first-order chi connectivity index (χ1) is 21.5. The van der Waals surface area contributed by atoms with E-state index in [9.17, 15) is 22.4 Å². The zero-order valence-electron chi connectivity index (χ0n) is 25.6. The van der Waals surface area contributed by atoms with Crippen LogP contribution in [-0.4, -0.2) is 50.0 Å². The highest BCUT2D eigenvalue weighted by Gasteiger charge is 2.33. The van der Waals surface area contributed by atoms with Crippen molar-refractivity contribution in [3.63, 3.8) is 0 Å². The summed E-state index contributed by atoms with van der Waals surface area (Å²) in [4.78, 5) is 29.3. The van der Waals surface area contributed by atoms with Gasteiger partial charge in [-0.25, -0.2) is 12.8 Å². The van der Waals surface area contributed by atoms with E-state index in [0.29, 0.717) is 23.5 Å². The SMILES string of the molecule is CCC(C)NC(=O)C(Cc1ccccc1)N(Cc1ccc(F)cc1)C(=O)CN(c1ccc(Oc2ccccc2)cc1)S(C)(=O)=O. The molecule has 0 heterocycles. The zero-order chi connectivity index (χ0) is 32.4. The zero-order valence-corrected chi connectivity index (χ0v) is 26.4. The Balaban J connectivity index is 1.67. The second-order valence-corrected chi connectivity index (χ2v) is 12.8. The number of rotatable bonds is 14. The van der Waals surface area contributed by atoms with Crippen molar-refractivity contribution in [1.82, 2.24) is 10.2 Å². The average molecular weight is 632 g/mol. The van der Waals surface area contributed by atoms with Gasteiger partial charge in [0.1, 0.15) is 29.9 Å². The maximum Gasteiger partial charge on any atom is 0.244 e. The van der Waals surface area contributed by atoms with Gasteiger partial charge >= 0.3 is 0 Å². The van der Waals surface area contributed by atoms with E-state index in [0.717, 1.165) is 16.1 Å². The molecule has 0 aliphatic carbocycles. The van der Waals surface area contributed by atoms with Crippen LogP contribution in [0, 0.1) is 5.82 Å². The van der Waals surface area contributed by atoms with Gasteiger partial charge in [-0.3, -0.25) is 13.9 Å². The second-order valence-electron chi connectivity index (χ2n) is 10.9. The van der Waals surface area contributed by atoms with Gasteiger partial charge in [-0.15, -0.1) is 0 Å². The molecule has 45 heavy (non-hydrogen) atoms. The summed E-state index contributed by atoms with van der Waals surface area (Å²) in [7, 11) is -3.93. The number of carbonyl (C=O) groups is 2. The number of hydrogen-bond acceptors (Lipinski definition) is 5. The standard InChI is InChI=1S/C35H38FN3O5S/c1-4-26(2)37-35(41)33(23-27-11-7-5-8-12-27)38(24-28-15-17-29(36)18-16-28)34(40)25-39(45(3,42)43)30-19-21-32(22-20-30)44-31-13-9-6-10-14-31/h5-22,26,33H,4,23-25H2,1-3H3,(H,37,41). The largest absolute Gasteiger partial charge is 0.457 e. The fourth-order valence-electron chi connectivity index (χ4n) is 4.70. The van der Waals surface area contributed by atoms with Crippen LogP contribution >= 0.6 is 0 Å². The molecular weight excluding hydrogens is 593 g/mol. The van der Waals surface area contributed by atoms with Crippen LogP contribution < -0.4 is 14.4 Å². The molecule has 0 aromatic heterocycles. The Labute approximate surface area is 264 Å². The molecule has 4 aromatic rings. The van der Waals surface area contributed by atoms with Gasteiger partial charge in [-0.05, 0) is 73.0 Å². The molecule has 10 heteroatoms. The third kappa shape index (κ3) is 9.64. The van der Waals surface area contributed by atoms with Crippen molar-refractivity contribution in [2.75, 3.05) is 17.1 Å². The molecular formula is C35H38FN3O5S. The predicted octanol–water partition coefficient (Wildman–Crippen LogP) is 5.94. The molecule has 236 valence electrons. The van der Waals surface area contributed by atoms with Crippen molar-refractivity contribution in [2.24, 2.45) is 0 Å². The second kappa shape index (κ2) is 15.3. The Hall–Kier alpha value is -4.70. The van der Waals surface area contributed by atoms with Crippen molar-refractivity contribution < 1.29 is 27.1 Å². The van der Waals surface area contributed by atoms with Gasteiger partial charge in [0.2, 0.25) is 21.8 Å². The monoisotopic (exact) mass is 631 g/mol. The minimum atomic E-state index is -3.93. The number of nitrogens with one attached hydrogen (secondary N) is 1. The van der Waals surface area contributed by atoms with Gasteiger partial charge in [0.15, 0.2) is 0 Å². The van der Waals surface area contributed by atoms with Gasteiger partial charge in [0, 0.05) is 19.0 Å². The first kappa shape index (κ1) is 33.2. The highest BCUT2D eigenvalue weighted by molar-refractivity contribution is 7.92. The summed E-state index contributed by atoms with van der Waals surface area (Å²) in [6.45, 7) is 3.23. The summed E-state index contributed by atoms with van der Waals surface area (Å²) in [5.74, 6) is -0.272. The molecule has 0 spiro atoms. The number of para-hydroxylation sites is 1. The molecule has 0 aliphatic heterocycles. The van der Waals surface area contributed by atoms with Gasteiger partial charge in [-0.2, -0.15) is 0 Å². The molecule has 2 amide bonds. The van der Waals surface area contributed by atoms with E-state index in [2.05, 4.69) is 5.32 Å². The van der Waals surface area contributed by atoms with Crippen LogP contribution in [0.25, 0.3) is 0 Å². The molecule has 0 aliphatic rings. The lowest BCUT2D eigenvalue weighted by molar-refractivity contribution is -0.140. The van der Waals surface area contributed by atoms with Crippen LogP contribution in [0.4, 0.5) is 10.1 Å². The number of nitrogens with zero attached hydrogens (tertiary/aromatic N) is 2. The maximum atomic E-state index is 14.2. The van der Waals surface area contributed by atoms with E-state index in [1.165, 1.54) is 17.0 Å². The molecule has 1 N–H and O–H groups in total. The summed E-state index contributed by atoms with van der Waals surface area (Å²) >= 11 is 0. The predicted molar refractivity (Wildman–Crippen MR) is 174 cm³/mol. The number of sulfonamides is 1. The summed E-state index contributed by atoms with van der Waals surface area (Å²) in [5.41, 5.74) is 1.68. The third-order valence-corrected chi connectivity index (χ3v) is 8.46. The Kier molecular flexibility index (Phi) is 11.3. The molecule has 4 rings (SSSR count). The highest BCUT2D eigenvalue weighted by atomic mass is 32.2. The van der Waals surface area contributed by atoms with Crippen molar-refractivity contribution in [2.45, 2.75) is 45.3 Å². The quantitative estimate of drug-likeness (QED) is 0.186. The fourth-order valence-corrected chi connectivity index (χ4v) is 5.55. The van der Waals surface area contributed by atoms with Gasteiger partial charge in [-0.1, -0.05) is 67.6 Å². The maximum absolute atomic E-state index is 14.2. The first-order valence-corrected chi connectivity index (χ1v) is 16.6. The third-order valence-electron chi connectivity index (χ3n) is 7.32. The highest BCUT2D eigenvalue weighted by Crippen LogP contribution is 2.26. The lowest BCUT2D eigenvalue weighted by atomic mass is 10.0. The van der Waals surface area contributed by atoms with E-state index >= 15 is 0 Å². The molecule has 2 unspecified atom stereocenters. The molecule has 0 fully saturated rings. The lowest BCUT2D eigenvalue weighted by Crippen LogP contribution is -2.54. The number of hydrogen-bond donors (Lipinski definition) is 1. The van der Waals surface area contributed by atoms with E-state index in [1.807, 2.05) is 62.4 Å². The summed E-state index contributed by atoms with van der Waals surface area (Å²) in [6, 6.07) is 29.3. The molecule has 0 saturated heterocycles. The Morgan fingerprint density at radius 3 is 1.98 bits per heavy atom. The number of benzene rings is 4. The van der Waals surface area contributed by atoms with Crippen LogP contribution in [0.2, 0.25) is 0 Å². The minimum absolute atomic E-state index is 0.0357. The number of amides is 2. The Bertz CT molecular complexity index is 1650. The van der Waals surface area contributed by atoms with E-state index in [4.69, 9.17) is 4.74 Å². The molecule has 4 aromatic carbocycles. The normalized spacial score (nSPS) is 12.5. The van der Waals surface area contributed by atoms with Gasteiger partial charge < -0.3 is 15.0 Å². The number of anilines is 1. The van der Waals surface area contributed by atoms with Gasteiger partial charge in [0.25, 0.3) is 0 Å². The average Bonchev–Trinajstić information content (AvgIpc) is 3.03. The van der Waals surface area contributed by atoms with Crippen LogP contribution in [0.1, 0.15) is 31.4 Å². The molecule has 2 atom stereocenters. The van der Waals surface area contributed by atoms with Crippen molar-refractivity contribution in [3.8, 4) is 11.5 Å². The van der Waals surface area contributed by atoms with E-state index < -0.39 is 34.3 Å². The first-order valence-electron chi connectivity index (χ1n) is 14.7. The van der Waals surface area contributed by atoms with Gasteiger partial charge in [0.05, 0.1) is 11.9 Å². The Morgan fingerprint density at radius 2 is 1.40 bits per heavy atom. The van der Waals surface area contributed by atoms with Crippen molar-refractivity contribution >= 4 is 27.5 Å². The summed E-state index contributed by atoms with van der Waals surface area (Å²) < 4.78 is 46.7. The topological polar surface area (TPSA) is 96.0 Å². The smallest absolute Gasteiger partial charge is 0.244 e. The number of ether oxygens (including phenoxy) is 1. The molecule has 8 nitrogen and oxygen atoms in total. The molecule has 0 saturated carbocycles. The summed E-state index contributed by atoms with van der Waals surface area (Å²) in [5, 5.41) is 2.98. The van der Waals surface area contributed by atoms with Crippen molar-refractivity contribution in [3.05, 3.63) is 126 Å². The minimum Gasteiger partial charge on any atom is -0.457 e. The van der Waals surface area contributed by atoms with E-state index in [-0.39, 0.29) is 30.6 Å².